The SMILES string of the molecule is O=C(N/N=C\c1ccccc1I)c1ccc2ccccc2c1. The average molecular weight is 400 g/mol. The number of nitrogens with one attached hydrogen (secondary N) is 1. The summed E-state index contributed by atoms with van der Waals surface area (Å²) in [7, 11) is 0. The molecule has 0 unspecified atom stereocenters. The maximum Gasteiger partial charge on any atom is 0.271 e. The predicted molar refractivity (Wildman–Crippen MR) is 98.2 cm³/mol. The number of halogens is 1. The summed E-state index contributed by atoms with van der Waals surface area (Å²) in [5, 5.41) is 6.18. The van der Waals surface area contributed by atoms with Crippen molar-refractivity contribution in [1.82, 2.24) is 5.43 Å². The number of rotatable bonds is 3. The molecule has 3 nitrogen and oxygen atoms in total. The highest BCUT2D eigenvalue weighted by atomic mass is 127. The van der Waals surface area contributed by atoms with Gasteiger partial charge in [0, 0.05) is 14.7 Å². The number of nitrogens with zero attached hydrogens (tertiary/aromatic N) is 1. The van der Waals surface area contributed by atoms with E-state index < -0.39 is 0 Å². The van der Waals surface area contributed by atoms with Crippen LogP contribution in [0.3, 0.4) is 0 Å². The van der Waals surface area contributed by atoms with Crippen LogP contribution >= 0.6 is 22.6 Å². The lowest BCUT2D eigenvalue weighted by Crippen LogP contribution is -2.17. The first-order chi connectivity index (χ1) is 10.7. The summed E-state index contributed by atoms with van der Waals surface area (Å²) in [6, 6.07) is 21.4. The largest absolute Gasteiger partial charge is 0.271 e. The Hall–Kier alpha value is -2.21. The summed E-state index contributed by atoms with van der Waals surface area (Å²) < 4.78 is 1.09. The molecule has 0 radical (unpaired) electrons. The maximum atomic E-state index is 12.1. The van der Waals surface area contributed by atoms with E-state index in [1.54, 1.807) is 12.3 Å². The Labute approximate surface area is 142 Å². The van der Waals surface area contributed by atoms with E-state index in [9.17, 15) is 4.79 Å². The van der Waals surface area contributed by atoms with Gasteiger partial charge in [0.05, 0.1) is 6.21 Å². The van der Waals surface area contributed by atoms with Crippen molar-refractivity contribution in [3.63, 3.8) is 0 Å². The van der Waals surface area contributed by atoms with Crippen LogP contribution in [0.4, 0.5) is 0 Å². The van der Waals surface area contributed by atoms with Crippen LogP contribution in [-0.2, 0) is 0 Å². The molecule has 4 heteroatoms. The van der Waals surface area contributed by atoms with Crippen LogP contribution in [0.15, 0.2) is 71.8 Å². The van der Waals surface area contributed by atoms with Gasteiger partial charge < -0.3 is 0 Å². The fourth-order valence-corrected chi connectivity index (χ4v) is 2.66. The number of carbonyl (C=O) groups is 1. The van der Waals surface area contributed by atoms with Crippen LogP contribution in [0.5, 0.6) is 0 Å². The molecule has 22 heavy (non-hydrogen) atoms. The Morgan fingerprint density at radius 1 is 0.955 bits per heavy atom. The Bertz CT molecular complexity index is 858. The van der Waals surface area contributed by atoms with E-state index in [0.29, 0.717) is 5.56 Å². The molecule has 0 bridgehead atoms. The lowest BCUT2D eigenvalue weighted by atomic mass is 10.1. The second-order valence-corrected chi connectivity index (χ2v) is 5.94. The Morgan fingerprint density at radius 3 is 2.50 bits per heavy atom. The molecular weight excluding hydrogens is 387 g/mol. The topological polar surface area (TPSA) is 41.5 Å². The van der Waals surface area contributed by atoms with Crippen molar-refractivity contribution in [1.29, 1.82) is 0 Å². The van der Waals surface area contributed by atoms with Crippen molar-refractivity contribution in [3.8, 4) is 0 Å². The van der Waals surface area contributed by atoms with E-state index in [1.807, 2.05) is 60.7 Å². The zero-order valence-electron chi connectivity index (χ0n) is 11.7. The van der Waals surface area contributed by atoms with Gasteiger partial charge in [0.1, 0.15) is 0 Å². The van der Waals surface area contributed by atoms with Gasteiger partial charge in [-0.2, -0.15) is 5.10 Å². The highest BCUT2D eigenvalue weighted by Crippen LogP contribution is 2.15. The third-order valence-electron chi connectivity index (χ3n) is 3.29. The summed E-state index contributed by atoms with van der Waals surface area (Å²) >= 11 is 2.23. The highest BCUT2D eigenvalue weighted by Gasteiger charge is 2.05. The predicted octanol–water partition coefficient (Wildman–Crippen LogP) is 4.21. The van der Waals surface area contributed by atoms with Gasteiger partial charge >= 0.3 is 0 Å². The Kier molecular flexibility index (Phi) is 4.48. The summed E-state index contributed by atoms with van der Waals surface area (Å²) in [4.78, 5) is 12.1. The van der Waals surface area contributed by atoms with Gasteiger partial charge in [-0.05, 0) is 51.6 Å². The number of fused-ring (bicyclic) bond motifs is 1. The monoisotopic (exact) mass is 400 g/mol. The van der Waals surface area contributed by atoms with Gasteiger partial charge in [-0.15, -0.1) is 0 Å². The highest BCUT2D eigenvalue weighted by molar-refractivity contribution is 14.1. The van der Waals surface area contributed by atoms with Crippen LogP contribution in [0.2, 0.25) is 0 Å². The Morgan fingerprint density at radius 2 is 1.68 bits per heavy atom. The summed E-state index contributed by atoms with van der Waals surface area (Å²) in [5.41, 5.74) is 4.14. The van der Waals surface area contributed by atoms with Gasteiger partial charge in [-0.3, -0.25) is 4.79 Å². The average Bonchev–Trinajstić information content (AvgIpc) is 2.56. The zero-order chi connectivity index (χ0) is 15.4. The van der Waals surface area contributed by atoms with Crippen molar-refractivity contribution >= 4 is 45.5 Å². The Balaban J connectivity index is 1.74. The smallest absolute Gasteiger partial charge is 0.267 e. The minimum absolute atomic E-state index is 0.215. The first-order valence-electron chi connectivity index (χ1n) is 6.81. The van der Waals surface area contributed by atoms with Crippen molar-refractivity contribution in [3.05, 3.63) is 81.4 Å². The minimum Gasteiger partial charge on any atom is -0.267 e. The molecule has 0 aromatic heterocycles. The number of hydrazone groups is 1. The number of hydrogen-bond acceptors (Lipinski definition) is 2. The van der Waals surface area contributed by atoms with Gasteiger partial charge in [-0.1, -0.05) is 48.5 Å². The fraction of sp³-hybridized carbons (Fsp3) is 0. The number of carbonyl (C=O) groups excluding carboxylic acids is 1. The zero-order valence-corrected chi connectivity index (χ0v) is 13.8. The molecule has 1 N–H and O–H groups in total. The number of hydrogen-bond donors (Lipinski definition) is 1. The summed E-state index contributed by atoms with van der Waals surface area (Å²) in [5.74, 6) is -0.215. The van der Waals surface area contributed by atoms with E-state index >= 15 is 0 Å². The van der Waals surface area contributed by atoms with Crippen molar-refractivity contribution in [2.75, 3.05) is 0 Å². The van der Waals surface area contributed by atoms with E-state index in [0.717, 1.165) is 19.9 Å². The van der Waals surface area contributed by atoms with E-state index in [1.165, 1.54) is 0 Å². The van der Waals surface area contributed by atoms with E-state index in [-0.39, 0.29) is 5.91 Å². The molecule has 0 fully saturated rings. The quantitative estimate of drug-likeness (QED) is 0.400. The third-order valence-corrected chi connectivity index (χ3v) is 4.27. The molecule has 0 heterocycles. The fourth-order valence-electron chi connectivity index (χ4n) is 2.14. The molecule has 3 aromatic carbocycles. The van der Waals surface area contributed by atoms with Crippen LogP contribution in [0, 0.1) is 3.57 Å². The van der Waals surface area contributed by atoms with E-state index in [2.05, 4.69) is 33.1 Å². The summed E-state index contributed by atoms with van der Waals surface area (Å²) in [6.07, 6.45) is 1.65. The third kappa shape index (κ3) is 3.33. The van der Waals surface area contributed by atoms with Gasteiger partial charge in [0.2, 0.25) is 0 Å². The van der Waals surface area contributed by atoms with Gasteiger partial charge in [0.15, 0.2) is 0 Å². The van der Waals surface area contributed by atoms with E-state index in [4.69, 9.17) is 0 Å². The standard InChI is InChI=1S/C18H13IN2O/c19-17-8-4-3-7-16(17)12-20-21-18(22)15-10-9-13-5-1-2-6-14(13)11-15/h1-12H,(H,21,22)/b20-12-. The first-order valence-corrected chi connectivity index (χ1v) is 7.89. The number of benzene rings is 3. The normalized spacial score (nSPS) is 11.0. The maximum absolute atomic E-state index is 12.1. The second-order valence-electron chi connectivity index (χ2n) is 4.78. The lowest BCUT2D eigenvalue weighted by Gasteiger charge is -2.02. The van der Waals surface area contributed by atoms with Crippen LogP contribution in [0.1, 0.15) is 15.9 Å². The molecule has 0 saturated heterocycles. The molecule has 0 aliphatic rings. The molecule has 0 atom stereocenters. The molecule has 3 rings (SSSR count). The number of amides is 1. The summed E-state index contributed by atoms with van der Waals surface area (Å²) in [6.45, 7) is 0. The molecular formula is C18H13IN2O. The van der Waals surface area contributed by atoms with Crippen molar-refractivity contribution in [2.45, 2.75) is 0 Å². The van der Waals surface area contributed by atoms with Crippen LogP contribution in [0.25, 0.3) is 10.8 Å². The lowest BCUT2D eigenvalue weighted by molar-refractivity contribution is 0.0955. The molecule has 108 valence electrons. The van der Waals surface area contributed by atoms with Crippen LogP contribution < -0.4 is 5.43 Å². The van der Waals surface area contributed by atoms with Crippen molar-refractivity contribution < 1.29 is 4.79 Å². The molecule has 3 aromatic rings. The van der Waals surface area contributed by atoms with Gasteiger partial charge in [0.25, 0.3) is 5.91 Å². The molecule has 0 saturated carbocycles. The molecule has 0 aliphatic heterocycles. The van der Waals surface area contributed by atoms with Crippen LogP contribution in [-0.4, -0.2) is 12.1 Å². The van der Waals surface area contributed by atoms with Gasteiger partial charge in [-0.25, -0.2) is 5.43 Å². The molecule has 1 amide bonds. The molecule has 0 aliphatic carbocycles. The van der Waals surface area contributed by atoms with Crippen molar-refractivity contribution in [2.24, 2.45) is 5.10 Å². The molecule has 0 spiro atoms. The first kappa shape index (κ1) is 14.7. The second kappa shape index (κ2) is 6.70. The minimum atomic E-state index is -0.215.